The number of hydrogen-bond acceptors (Lipinski definition) is 2. The van der Waals surface area contributed by atoms with Gasteiger partial charge in [-0.05, 0) is 43.4 Å². The van der Waals surface area contributed by atoms with E-state index in [-0.39, 0.29) is 5.56 Å². The molecule has 0 unspecified atom stereocenters. The minimum atomic E-state index is -4.45. The van der Waals surface area contributed by atoms with E-state index in [0.29, 0.717) is 24.7 Å². The van der Waals surface area contributed by atoms with Gasteiger partial charge in [-0.25, -0.2) is 0 Å². The molecule has 1 aromatic carbocycles. The third-order valence-corrected chi connectivity index (χ3v) is 3.41. The Bertz CT molecular complexity index is 510. The van der Waals surface area contributed by atoms with Crippen molar-refractivity contribution in [1.29, 1.82) is 0 Å². The maximum Gasteiger partial charge on any atom is 0.416 e. The van der Waals surface area contributed by atoms with Crippen molar-refractivity contribution in [1.82, 2.24) is 5.32 Å². The van der Waals surface area contributed by atoms with E-state index in [9.17, 15) is 18.0 Å². The first-order valence-corrected chi connectivity index (χ1v) is 7.15. The number of anilines is 1. The molecule has 1 saturated carbocycles. The van der Waals surface area contributed by atoms with Gasteiger partial charge in [0.1, 0.15) is 0 Å². The predicted octanol–water partition coefficient (Wildman–Crippen LogP) is 3.67. The molecular formula is C15H19F3N2O. The van der Waals surface area contributed by atoms with E-state index in [0.717, 1.165) is 31.4 Å². The SMILES string of the molecule is CCCNc1ccc(C(F)(F)F)cc1C(=O)NCC1CC1. The van der Waals surface area contributed by atoms with Crippen molar-refractivity contribution in [3.8, 4) is 0 Å². The third-order valence-electron chi connectivity index (χ3n) is 3.41. The van der Waals surface area contributed by atoms with Gasteiger partial charge in [-0.2, -0.15) is 13.2 Å². The normalized spacial score (nSPS) is 14.9. The molecule has 0 atom stereocenters. The number of amides is 1. The molecule has 2 rings (SSSR count). The fraction of sp³-hybridized carbons (Fsp3) is 0.533. The van der Waals surface area contributed by atoms with Crippen LogP contribution in [0.25, 0.3) is 0 Å². The highest BCUT2D eigenvalue weighted by atomic mass is 19.4. The van der Waals surface area contributed by atoms with Gasteiger partial charge in [0.25, 0.3) is 5.91 Å². The number of halogens is 3. The minimum Gasteiger partial charge on any atom is -0.384 e. The van der Waals surface area contributed by atoms with E-state index in [1.54, 1.807) is 0 Å². The highest BCUT2D eigenvalue weighted by Crippen LogP contribution is 2.32. The molecule has 0 aliphatic heterocycles. The van der Waals surface area contributed by atoms with E-state index >= 15 is 0 Å². The van der Waals surface area contributed by atoms with Crippen LogP contribution in [0.4, 0.5) is 18.9 Å². The Morgan fingerprint density at radius 1 is 1.33 bits per heavy atom. The van der Waals surface area contributed by atoms with Gasteiger partial charge in [-0.15, -0.1) is 0 Å². The Morgan fingerprint density at radius 3 is 2.62 bits per heavy atom. The van der Waals surface area contributed by atoms with Crippen molar-refractivity contribution >= 4 is 11.6 Å². The second-order valence-corrected chi connectivity index (χ2v) is 5.34. The van der Waals surface area contributed by atoms with Crippen molar-refractivity contribution in [3.63, 3.8) is 0 Å². The number of benzene rings is 1. The molecule has 1 aromatic rings. The average Bonchev–Trinajstić information content (AvgIpc) is 3.25. The number of rotatable bonds is 6. The molecular weight excluding hydrogens is 281 g/mol. The van der Waals surface area contributed by atoms with Crippen LogP contribution < -0.4 is 10.6 Å². The molecule has 0 spiro atoms. The van der Waals surface area contributed by atoms with Crippen molar-refractivity contribution < 1.29 is 18.0 Å². The van der Waals surface area contributed by atoms with Crippen LogP contribution in [0.5, 0.6) is 0 Å². The average molecular weight is 300 g/mol. The summed E-state index contributed by atoms with van der Waals surface area (Å²) in [5.74, 6) is 0.0263. The summed E-state index contributed by atoms with van der Waals surface area (Å²) in [6.07, 6.45) is -1.48. The van der Waals surface area contributed by atoms with Gasteiger partial charge in [0, 0.05) is 18.8 Å². The molecule has 1 amide bonds. The van der Waals surface area contributed by atoms with E-state index in [1.165, 1.54) is 6.07 Å². The zero-order valence-electron chi connectivity index (χ0n) is 11.9. The van der Waals surface area contributed by atoms with Gasteiger partial charge in [0.05, 0.1) is 11.1 Å². The van der Waals surface area contributed by atoms with Gasteiger partial charge >= 0.3 is 6.18 Å². The summed E-state index contributed by atoms with van der Waals surface area (Å²) in [4.78, 5) is 12.1. The second-order valence-electron chi connectivity index (χ2n) is 5.34. The quantitative estimate of drug-likeness (QED) is 0.841. The highest BCUT2D eigenvalue weighted by molar-refractivity contribution is 5.99. The first-order chi connectivity index (χ1) is 9.91. The molecule has 116 valence electrons. The fourth-order valence-corrected chi connectivity index (χ4v) is 1.98. The lowest BCUT2D eigenvalue weighted by Gasteiger charge is -2.14. The minimum absolute atomic E-state index is 0.0546. The standard InChI is InChI=1S/C15H19F3N2O/c1-2-7-19-13-6-5-11(15(16,17)18)8-12(13)14(21)20-9-10-3-4-10/h5-6,8,10,19H,2-4,7,9H2,1H3,(H,20,21). The van der Waals surface area contributed by atoms with E-state index < -0.39 is 17.6 Å². The zero-order chi connectivity index (χ0) is 15.5. The topological polar surface area (TPSA) is 41.1 Å². The van der Waals surface area contributed by atoms with Crippen LogP contribution in [0.3, 0.4) is 0 Å². The largest absolute Gasteiger partial charge is 0.416 e. The maximum atomic E-state index is 12.8. The van der Waals surface area contributed by atoms with Crippen LogP contribution >= 0.6 is 0 Å². The van der Waals surface area contributed by atoms with Crippen molar-refractivity contribution in [2.24, 2.45) is 5.92 Å². The summed E-state index contributed by atoms with van der Waals surface area (Å²) in [7, 11) is 0. The molecule has 3 nitrogen and oxygen atoms in total. The van der Waals surface area contributed by atoms with Crippen molar-refractivity contribution in [3.05, 3.63) is 29.3 Å². The molecule has 1 aliphatic rings. The maximum absolute atomic E-state index is 12.8. The van der Waals surface area contributed by atoms with E-state index in [4.69, 9.17) is 0 Å². The summed E-state index contributed by atoms with van der Waals surface area (Å²) in [6, 6.07) is 3.24. The van der Waals surface area contributed by atoms with Crippen molar-refractivity contribution in [2.45, 2.75) is 32.4 Å². The van der Waals surface area contributed by atoms with E-state index in [2.05, 4.69) is 10.6 Å². The first-order valence-electron chi connectivity index (χ1n) is 7.15. The molecule has 6 heteroatoms. The molecule has 21 heavy (non-hydrogen) atoms. The number of nitrogens with one attached hydrogen (secondary N) is 2. The van der Waals surface area contributed by atoms with Crippen LogP contribution in [0.2, 0.25) is 0 Å². The number of hydrogen-bond donors (Lipinski definition) is 2. The lowest BCUT2D eigenvalue weighted by molar-refractivity contribution is -0.137. The Kier molecular flexibility index (Phi) is 4.75. The molecule has 1 aliphatic carbocycles. The summed E-state index contributed by atoms with van der Waals surface area (Å²) in [5, 5.41) is 5.71. The monoisotopic (exact) mass is 300 g/mol. The van der Waals surface area contributed by atoms with Gasteiger partial charge in [-0.3, -0.25) is 4.79 Å². The van der Waals surface area contributed by atoms with Crippen LogP contribution in [0.15, 0.2) is 18.2 Å². The number of alkyl halides is 3. The van der Waals surface area contributed by atoms with Gasteiger partial charge < -0.3 is 10.6 Å². The lowest BCUT2D eigenvalue weighted by atomic mass is 10.1. The molecule has 0 aromatic heterocycles. The predicted molar refractivity (Wildman–Crippen MR) is 75.3 cm³/mol. The summed E-state index contributed by atoms with van der Waals surface area (Å²) < 4.78 is 38.4. The van der Waals surface area contributed by atoms with Gasteiger partial charge in [0.15, 0.2) is 0 Å². The van der Waals surface area contributed by atoms with Crippen LogP contribution in [-0.2, 0) is 6.18 Å². The summed E-state index contributed by atoms with van der Waals surface area (Å²) in [6.45, 7) is 3.08. The number of carbonyl (C=O) groups is 1. The van der Waals surface area contributed by atoms with E-state index in [1.807, 2.05) is 6.92 Å². The summed E-state index contributed by atoms with van der Waals surface area (Å²) in [5.41, 5.74) is -0.307. The number of carbonyl (C=O) groups excluding carboxylic acids is 1. The Hall–Kier alpha value is -1.72. The molecule has 2 N–H and O–H groups in total. The Morgan fingerprint density at radius 2 is 2.05 bits per heavy atom. The smallest absolute Gasteiger partial charge is 0.384 e. The molecule has 0 radical (unpaired) electrons. The van der Waals surface area contributed by atoms with Crippen molar-refractivity contribution in [2.75, 3.05) is 18.4 Å². The Balaban J connectivity index is 2.20. The van der Waals surface area contributed by atoms with Crippen LogP contribution in [0.1, 0.15) is 42.1 Å². The molecule has 0 heterocycles. The van der Waals surface area contributed by atoms with Gasteiger partial charge in [-0.1, -0.05) is 6.92 Å². The van der Waals surface area contributed by atoms with Gasteiger partial charge in [0.2, 0.25) is 0 Å². The molecule has 0 bridgehead atoms. The zero-order valence-corrected chi connectivity index (χ0v) is 11.9. The molecule has 0 saturated heterocycles. The summed E-state index contributed by atoms with van der Waals surface area (Å²) >= 11 is 0. The Labute approximate surface area is 121 Å². The van der Waals surface area contributed by atoms with Crippen LogP contribution in [0, 0.1) is 5.92 Å². The fourth-order valence-electron chi connectivity index (χ4n) is 1.98. The third kappa shape index (κ3) is 4.37. The van der Waals surface area contributed by atoms with Crippen LogP contribution in [-0.4, -0.2) is 19.0 Å². The molecule has 1 fully saturated rings. The second kappa shape index (κ2) is 6.37. The highest BCUT2D eigenvalue weighted by Gasteiger charge is 2.32. The first kappa shape index (κ1) is 15.7. The lowest BCUT2D eigenvalue weighted by Crippen LogP contribution is -2.27.